The molecule has 0 aliphatic heterocycles. The molecule has 0 aromatic rings. The number of ether oxygens (including phenoxy) is 1. The molecule has 0 bridgehead atoms. The van der Waals surface area contributed by atoms with Gasteiger partial charge in [0.05, 0.1) is 18.1 Å². The number of nitrogens with two attached hydrogens (primary N) is 1. The smallest absolute Gasteiger partial charge is 0.405 e. The minimum absolute atomic E-state index is 0.134. The molecule has 8 atom stereocenters. The van der Waals surface area contributed by atoms with Crippen molar-refractivity contribution in [2.75, 3.05) is 0 Å². The van der Waals surface area contributed by atoms with Gasteiger partial charge in [-0.2, -0.15) is 0 Å². The van der Waals surface area contributed by atoms with Gasteiger partial charge in [-0.25, -0.2) is 4.79 Å². The molecule has 0 radical (unpaired) electrons. The predicted octanol–water partition coefficient (Wildman–Crippen LogP) is 3.84. The molecule has 1 rings (SSSR count). The highest BCUT2D eigenvalue weighted by Gasteiger charge is 2.34. The van der Waals surface area contributed by atoms with E-state index in [4.69, 9.17) is 27.2 Å². The van der Waals surface area contributed by atoms with E-state index in [0.717, 1.165) is 5.57 Å². The van der Waals surface area contributed by atoms with Gasteiger partial charge in [0, 0.05) is 35.4 Å². The van der Waals surface area contributed by atoms with Crippen LogP contribution in [0.25, 0.3) is 0 Å². The van der Waals surface area contributed by atoms with Gasteiger partial charge in [-0.15, -0.1) is 0 Å². The summed E-state index contributed by atoms with van der Waals surface area (Å²) in [6.45, 7) is 6.83. The van der Waals surface area contributed by atoms with Crippen LogP contribution in [-0.2, 0) is 19.1 Å². The second-order valence-corrected chi connectivity index (χ2v) is 11.6. The fourth-order valence-electron chi connectivity index (χ4n) is 4.58. The predicted molar refractivity (Wildman–Crippen MR) is 172 cm³/mol. The van der Waals surface area contributed by atoms with E-state index >= 15 is 0 Å². The zero-order valence-corrected chi connectivity index (χ0v) is 27.0. The van der Waals surface area contributed by atoms with E-state index < -0.39 is 66.4 Å². The number of aliphatic hydroxyl groups excluding tert-OH is 3. The van der Waals surface area contributed by atoms with Gasteiger partial charge in [0.2, 0.25) is 5.91 Å². The number of halogens is 1. The number of hydrogen-bond acceptors (Lipinski definition) is 8. The van der Waals surface area contributed by atoms with E-state index in [1.807, 2.05) is 13.8 Å². The number of allylic oxidation sites excluding steroid dienone is 9. The van der Waals surface area contributed by atoms with Gasteiger partial charge in [0.1, 0.15) is 12.2 Å². The Balaban J connectivity index is 2.62. The number of Topliss-reactive ketones (excluding diaryl/α,β-unsaturated/α-hetero) is 1. The normalized spacial score (nSPS) is 22.0. The standard InChI is InChI=1S/C33H47ClN2O9/c1-5-6-14-28(45-33(35)44)22(4)26(37)19-27(38)31(41)30(40)21(3)25(34)13-9-7-11-20(2)12-8-10-15-29(39)36-24-17-16-23(18-24)32(42)43/h6-15,21-24,26,28,30-31,37,40-41H,5,16-19H2,1-4H3,(H2,35,44)(H,36,39)(H,42,43)/b9-7+,12-8+,14-6+,15-10+,20-11+,25-13-/t21-,22+,23-,24+,26-,28-,30-,31-/m1/s1. The average molecular weight is 651 g/mol. The van der Waals surface area contributed by atoms with Crippen LogP contribution in [0.2, 0.25) is 0 Å². The monoisotopic (exact) mass is 650 g/mol. The third-order valence-corrected chi connectivity index (χ3v) is 7.99. The fourth-order valence-corrected chi connectivity index (χ4v) is 4.79. The van der Waals surface area contributed by atoms with Gasteiger partial charge in [-0.3, -0.25) is 14.4 Å². The molecule has 0 heterocycles. The number of carboxylic acid groups (broad SMARTS) is 1. The summed E-state index contributed by atoms with van der Waals surface area (Å²) in [7, 11) is 0. The van der Waals surface area contributed by atoms with Gasteiger partial charge in [0.15, 0.2) is 5.78 Å². The number of aliphatic carboxylic acids is 1. The number of rotatable bonds is 18. The van der Waals surface area contributed by atoms with Crippen LogP contribution >= 0.6 is 11.6 Å². The van der Waals surface area contributed by atoms with E-state index in [9.17, 15) is 34.5 Å². The maximum Gasteiger partial charge on any atom is 0.405 e. The molecule has 1 saturated carbocycles. The number of primary amides is 1. The molecular weight excluding hydrogens is 604 g/mol. The van der Waals surface area contributed by atoms with E-state index in [2.05, 4.69) is 5.32 Å². The van der Waals surface area contributed by atoms with Crippen molar-refractivity contribution in [1.82, 2.24) is 5.32 Å². The number of nitrogens with one attached hydrogen (secondary N) is 1. The Morgan fingerprint density at radius 3 is 2.27 bits per heavy atom. The van der Waals surface area contributed by atoms with E-state index in [0.29, 0.717) is 25.7 Å². The van der Waals surface area contributed by atoms with Crippen molar-refractivity contribution < 1.29 is 44.3 Å². The van der Waals surface area contributed by atoms with Gasteiger partial charge < -0.3 is 36.2 Å². The Morgan fingerprint density at radius 2 is 1.67 bits per heavy atom. The summed E-state index contributed by atoms with van der Waals surface area (Å²) in [4.78, 5) is 46.9. The topological polar surface area (TPSA) is 196 Å². The Bertz CT molecular complexity index is 1190. The molecule has 2 amide bonds. The van der Waals surface area contributed by atoms with Crippen LogP contribution < -0.4 is 11.1 Å². The van der Waals surface area contributed by atoms with Gasteiger partial charge >= 0.3 is 12.1 Å². The molecule has 45 heavy (non-hydrogen) atoms. The summed E-state index contributed by atoms with van der Waals surface area (Å²) in [6.07, 6.45) is 11.6. The number of ketones is 1. The molecule has 11 nitrogen and oxygen atoms in total. The number of carboxylic acids is 1. The summed E-state index contributed by atoms with van der Waals surface area (Å²) >= 11 is 6.30. The minimum atomic E-state index is -1.81. The van der Waals surface area contributed by atoms with Gasteiger partial charge in [0.25, 0.3) is 0 Å². The van der Waals surface area contributed by atoms with Crippen molar-refractivity contribution in [2.24, 2.45) is 23.5 Å². The maximum absolute atomic E-state index is 12.6. The average Bonchev–Trinajstić information content (AvgIpc) is 3.46. The van der Waals surface area contributed by atoms with Crippen molar-refractivity contribution in [3.63, 3.8) is 0 Å². The highest BCUT2D eigenvalue weighted by Crippen LogP contribution is 2.26. The van der Waals surface area contributed by atoms with Crippen LogP contribution in [0.15, 0.2) is 71.4 Å². The summed E-state index contributed by atoms with van der Waals surface area (Å²) in [5, 5.41) is 43.6. The molecule has 7 N–H and O–H groups in total. The lowest BCUT2D eigenvalue weighted by molar-refractivity contribution is -0.141. The minimum Gasteiger partial charge on any atom is -0.481 e. The summed E-state index contributed by atoms with van der Waals surface area (Å²) in [6, 6.07) is -0.134. The molecule has 0 aromatic heterocycles. The summed E-state index contributed by atoms with van der Waals surface area (Å²) in [5.41, 5.74) is 5.96. The van der Waals surface area contributed by atoms with Crippen LogP contribution in [-0.4, -0.2) is 74.6 Å². The maximum atomic E-state index is 12.6. The molecule has 0 spiro atoms. The largest absolute Gasteiger partial charge is 0.481 e. The molecule has 1 aliphatic carbocycles. The lowest BCUT2D eigenvalue weighted by Crippen LogP contribution is -2.42. The van der Waals surface area contributed by atoms with Crippen LogP contribution in [0.4, 0.5) is 4.79 Å². The SMILES string of the molecule is CC/C=C/[C@@H](OC(N)=O)[C@@H](C)[C@H](O)CC(=O)[C@@H](O)[C@H](O)[C@H](C)/C(Cl)=C/C=C/C=C(C)/C=C/C=C/C(=O)N[C@H]1CC[C@@H](C(=O)O)C1. The highest BCUT2D eigenvalue weighted by molar-refractivity contribution is 6.30. The van der Waals surface area contributed by atoms with Crippen LogP contribution in [0, 0.1) is 17.8 Å². The van der Waals surface area contributed by atoms with Gasteiger partial charge in [-0.05, 0) is 44.8 Å². The van der Waals surface area contributed by atoms with Crippen molar-refractivity contribution in [1.29, 1.82) is 0 Å². The lowest BCUT2D eigenvalue weighted by atomic mass is 9.89. The highest BCUT2D eigenvalue weighted by atomic mass is 35.5. The van der Waals surface area contributed by atoms with E-state index in [-0.39, 0.29) is 17.0 Å². The lowest BCUT2D eigenvalue weighted by Gasteiger charge is -2.27. The quantitative estimate of drug-likeness (QED) is 0.0725. The Kier molecular flexibility index (Phi) is 18.0. The third-order valence-electron chi connectivity index (χ3n) is 7.52. The van der Waals surface area contributed by atoms with Crippen LogP contribution in [0.5, 0.6) is 0 Å². The molecule has 1 aliphatic rings. The first kappa shape index (κ1) is 39.5. The zero-order valence-electron chi connectivity index (χ0n) is 26.2. The van der Waals surface area contributed by atoms with Crippen LogP contribution in [0.1, 0.15) is 59.8 Å². The first-order chi connectivity index (χ1) is 21.2. The summed E-state index contributed by atoms with van der Waals surface area (Å²) < 4.78 is 5.02. The first-order valence-electron chi connectivity index (χ1n) is 15.0. The molecule has 0 unspecified atom stereocenters. The second kappa shape index (κ2) is 20.5. The number of hydrogen-bond donors (Lipinski definition) is 6. The number of aliphatic hydroxyl groups is 3. The summed E-state index contributed by atoms with van der Waals surface area (Å²) in [5.74, 6) is -3.83. The van der Waals surface area contributed by atoms with Crippen molar-refractivity contribution in [3.8, 4) is 0 Å². The Morgan fingerprint density at radius 1 is 1.02 bits per heavy atom. The fraction of sp³-hybridized carbons (Fsp3) is 0.515. The number of carbonyl (C=O) groups is 4. The molecule has 250 valence electrons. The van der Waals surface area contributed by atoms with E-state index in [1.54, 1.807) is 62.5 Å². The third kappa shape index (κ3) is 14.9. The number of amides is 2. The molecule has 0 aromatic carbocycles. The number of carbonyl (C=O) groups excluding carboxylic acids is 3. The van der Waals surface area contributed by atoms with Crippen molar-refractivity contribution >= 4 is 35.4 Å². The molecule has 1 fully saturated rings. The van der Waals surface area contributed by atoms with E-state index in [1.165, 1.54) is 12.2 Å². The Hall–Kier alpha value is -3.51. The van der Waals surface area contributed by atoms with Crippen molar-refractivity contribution in [3.05, 3.63) is 71.4 Å². The zero-order chi connectivity index (χ0) is 34.1. The molecule has 0 saturated heterocycles. The van der Waals surface area contributed by atoms with Gasteiger partial charge in [-0.1, -0.05) is 80.5 Å². The second-order valence-electron chi connectivity index (χ2n) is 11.2. The molecule has 12 heteroatoms. The van der Waals surface area contributed by atoms with Crippen LogP contribution in [0.3, 0.4) is 0 Å². The molecular formula is C33H47ClN2O9. The Labute approximate surface area is 269 Å². The van der Waals surface area contributed by atoms with Crippen molar-refractivity contribution in [2.45, 2.75) is 90.3 Å². The first-order valence-corrected chi connectivity index (χ1v) is 15.3.